The minimum absolute atomic E-state index is 0.0546. The number of nitriles is 1. The summed E-state index contributed by atoms with van der Waals surface area (Å²) < 4.78 is 10.5. The van der Waals surface area contributed by atoms with Gasteiger partial charge in [-0.05, 0) is 67.8 Å². The molecule has 0 saturated carbocycles. The molecule has 43 heavy (non-hydrogen) atoms. The molecule has 2 aromatic carbocycles. The summed E-state index contributed by atoms with van der Waals surface area (Å²) in [4.78, 5) is 41.6. The number of carbonyl (C=O) groups excluding carboxylic acids is 2. The number of aromatic nitrogens is 3. The van der Waals surface area contributed by atoms with E-state index in [4.69, 9.17) is 26.3 Å². The van der Waals surface area contributed by atoms with Crippen LogP contribution in [0.5, 0.6) is 0 Å². The number of amides is 1. The van der Waals surface area contributed by atoms with Crippen molar-refractivity contribution in [1.82, 2.24) is 24.8 Å². The number of esters is 1. The molecule has 1 fully saturated rings. The van der Waals surface area contributed by atoms with Crippen LogP contribution in [0.25, 0.3) is 0 Å². The summed E-state index contributed by atoms with van der Waals surface area (Å²) in [6.45, 7) is 8.97. The fourth-order valence-corrected chi connectivity index (χ4v) is 4.62. The first-order valence-electron chi connectivity index (χ1n) is 13.8. The number of carbonyl (C=O) groups is 2. The topological polar surface area (TPSA) is 146 Å². The van der Waals surface area contributed by atoms with Crippen molar-refractivity contribution in [2.24, 2.45) is 0 Å². The Kier molecular flexibility index (Phi) is 10.3. The third-order valence-electron chi connectivity index (χ3n) is 6.53. The lowest BCUT2D eigenvalue weighted by atomic mass is 10.0. The molecule has 2 heterocycles. The summed E-state index contributed by atoms with van der Waals surface area (Å²) in [7, 11) is 1.30. The molecule has 0 aliphatic carbocycles. The Morgan fingerprint density at radius 3 is 2.37 bits per heavy atom. The normalized spacial score (nSPS) is 14.4. The minimum Gasteiger partial charge on any atom is -0.467 e. The van der Waals surface area contributed by atoms with Crippen LogP contribution in [0.4, 0.5) is 22.4 Å². The van der Waals surface area contributed by atoms with Crippen molar-refractivity contribution in [3.63, 3.8) is 0 Å². The summed E-state index contributed by atoms with van der Waals surface area (Å²) in [6.07, 6.45) is -0.00574. The van der Waals surface area contributed by atoms with Crippen molar-refractivity contribution in [2.75, 3.05) is 43.9 Å². The van der Waals surface area contributed by atoms with E-state index < -0.39 is 17.6 Å². The van der Waals surface area contributed by atoms with E-state index in [0.29, 0.717) is 25.2 Å². The Morgan fingerprint density at radius 1 is 1.02 bits per heavy atom. The highest BCUT2D eigenvalue weighted by atomic mass is 35.5. The van der Waals surface area contributed by atoms with Crippen LogP contribution in [-0.2, 0) is 27.2 Å². The van der Waals surface area contributed by atoms with Gasteiger partial charge in [-0.1, -0.05) is 24.3 Å². The predicted molar refractivity (Wildman–Crippen MR) is 162 cm³/mol. The molecule has 4 rings (SSSR count). The number of methoxy groups -OCH3 is 1. The number of benzene rings is 2. The maximum Gasteiger partial charge on any atom is 0.410 e. The van der Waals surface area contributed by atoms with Crippen LogP contribution in [0.15, 0.2) is 48.5 Å². The number of halogens is 1. The molecule has 226 valence electrons. The zero-order valence-electron chi connectivity index (χ0n) is 24.6. The number of rotatable bonds is 9. The van der Waals surface area contributed by atoms with E-state index in [1.54, 1.807) is 29.2 Å². The van der Waals surface area contributed by atoms with Gasteiger partial charge in [0.1, 0.15) is 11.6 Å². The average Bonchev–Trinajstić information content (AvgIpc) is 2.96. The Morgan fingerprint density at radius 2 is 1.72 bits per heavy atom. The lowest BCUT2D eigenvalue weighted by Crippen LogP contribution is -2.49. The van der Waals surface area contributed by atoms with E-state index in [1.165, 1.54) is 7.11 Å². The zero-order chi connectivity index (χ0) is 31.0. The van der Waals surface area contributed by atoms with Gasteiger partial charge in [-0.2, -0.15) is 20.2 Å². The van der Waals surface area contributed by atoms with Crippen molar-refractivity contribution in [3.05, 3.63) is 70.5 Å². The second-order valence-corrected chi connectivity index (χ2v) is 11.4. The van der Waals surface area contributed by atoms with Crippen LogP contribution in [0.2, 0.25) is 5.28 Å². The van der Waals surface area contributed by atoms with Gasteiger partial charge in [0.25, 0.3) is 0 Å². The van der Waals surface area contributed by atoms with Crippen LogP contribution >= 0.6 is 11.6 Å². The maximum absolute atomic E-state index is 12.5. The maximum atomic E-state index is 12.5. The van der Waals surface area contributed by atoms with E-state index >= 15 is 0 Å². The monoisotopic (exact) mass is 606 g/mol. The van der Waals surface area contributed by atoms with Crippen molar-refractivity contribution in [3.8, 4) is 6.07 Å². The first-order chi connectivity index (χ1) is 20.5. The zero-order valence-corrected chi connectivity index (χ0v) is 25.4. The molecule has 1 unspecified atom stereocenters. The van der Waals surface area contributed by atoms with Gasteiger partial charge >= 0.3 is 12.1 Å². The molecule has 12 nitrogen and oxygen atoms in total. The standard InChI is InChI=1S/C30H35ClN8O4/c1-30(2,3)43-29(41)39-14-12-38(13-15-39)19-22-6-5-7-23(16-22)33-27-35-26(31)36-28(37-27)34-24(25(40)42-4)17-20-8-10-21(18-32)11-9-20/h5-11,16,24H,12-15,17,19H2,1-4H3,(H2,33,34,35,36,37). The van der Waals surface area contributed by atoms with Crippen molar-refractivity contribution < 1.29 is 19.1 Å². The van der Waals surface area contributed by atoms with E-state index in [9.17, 15) is 9.59 Å². The molecule has 1 aliphatic heterocycles. The third-order valence-corrected chi connectivity index (χ3v) is 6.70. The molecule has 0 bridgehead atoms. The Labute approximate surface area is 256 Å². The molecular formula is C30H35ClN8O4. The van der Waals surface area contributed by atoms with E-state index in [2.05, 4.69) is 36.6 Å². The molecule has 0 radical (unpaired) electrons. The van der Waals surface area contributed by atoms with Gasteiger partial charge in [-0.15, -0.1) is 0 Å². The van der Waals surface area contributed by atoms with Gasteiger partial charge in [-0.25, -0.2) is 9.59 Å². The highest BCUT2D eigenvalue weighted by Crippen LogP contribution is 2.20. The number of hydrogen-bond donors (Lipinski definition) is 2. The number of anilines is 3. The molecule has 2 N–H and O–H groups in total. The molecule has 1 saturated heterocycles. The van der Waals surface area contributed by atoms with Crippen molar-refractivity contribution in [2.45, 2.75) is 45.4 Å². The van der Waals surface area contributed by atoms with E-state index in [-0.39, 0.29) is 29.7 Å². The fraction of sp³-hybridized carbons (Fsp3) is 0.400. The Hall–Kier alpha value is -4.47. The van der Waals surface area contributed by atoms with Gasteiger partial charge in [0, 0.05) is 44.8 Å². The molecular weight excluding hydrogens is 572 g/mol. The van der Waals surface area contributed by atoms with Crippen LogP contribution < -0.4 is 10.6 Å². The average molecular weight is 607 g/mol. The van der Waals surface area contributed by atoms with Crippen molar-refractivity contribution >= 4 is 41.2 Å². The second-order valence-electron chi connectivity index (χ2n) is 11.1. The fourth-order valence-electron chi connectivity index (χ4n) is 4.46. The van der Waals surface area contributed by atoms with Crippen LogP contribution in [-0.4, -0.2) is 81.7 Å². The SMILES string of the molecule is COC(=O)C(Cc1ccc(C#N)cc1)Nc1nc(Cl)nc(Nc2cccc(CN3CCN(C(=O)OC(C)(C)C)CC3)c2)n1. The summed E-state index contributed by atoms with van der Waals surface area (Å²) in [5, 5.41) is 15.1. The molecule has 1 atom stereocenters. The summed E-state index contributed by atoms with van der Waals surface area (Å²) >= 11 is 6.20. The molecule has 1 aliphatic rings. The molecule has 1 amide bonds. The summed E-state index contributed by atoms with van der Waals surface area (Å²) in [5.74, 6) is -0.201. The molecule has 3 aromatic rings. The largest absolute Gasteiger partial charge is 0.467 e. The number of nitrogens with one attached hydrogen (secondary N) is 2. The quantitative estimate of drug-likeness (QED) is 0.334. The lowest BCUT2D eigenvalue weighted by molar-refractivity contribution is -0.141. The number of piperazine rings is 1. The van der Waals surface area contributed by atoms with Crippen molar-refractivity contribution in [1.29, 1.82) is 5.26 Å². The van der Waals surface area contributed by atoms with Gasteiger partial charge in [0.15, 0.2) is 0 Å². The van der Waals surface area contributed by atoms with Gasteiger partial charge in [0.2, 0.25) is 17.2 Å². The van der Waals surface area contributed by atoms with Gasteiger partial charge in [0.05, 0.1) is 18.7 Å². The third kappa shape index (κ3) is 9.52. The number of ether oxygens (including phenoxy) is 2. The molecule has 0 spiro atoms. The van der Waals surface area contributed by atoms with Gasteiger partial charge in [-0.3, -0.25) is 4.90 Å². The molecule has 13 heteroatoms. The van der Waals surface area contributed by atoms with E-state index in [1.807, 2.05) is 45.0 Å². The Bertz CT molecular complexity index is 1460. The lowest BCUT2D eigenvalue weighted by Gasteiger charge is -2.35. The van der Waals surface area contributed by atoms with E-state index in [0.717, 1.165) is 29.9 Å². The summed E-state index contributed by atoms with van der Waals surface area (Å²) in [6, 6.07) is 16.0. The van der Waals surface area contributed by atoms with Crippen LogP contribution in [0, 0.1) is 11.3 Å². The summed E-state index contributed by atoms with van der Waals surface area (Å²) in [5.41, 5.74) is 2.65. The second kappa shape index (κ2) is 14.1. The first kappa shape index (κ1) is 31.5. The van der Waals surface area contributed by atoms with Crippen LogP contribution in [0.3, 0.4) is 0 Å². The predicted octanol–water partition coefficient (Wildman–Crippen LogP) is 4.39. The molecule has 1 aromatic heterocycles. The minimum atomic E-state index is -0.802. The highest BCUT2D eigenvalue weighted by molar-refractivity contribution is 6.28. The number of hydrogen-bond acceptors (Lipinski definition) is 11. The Balaban J connectivity index is 1.38. The highest BCUT2D eigenvalue weighted by Gasteiger charge is 2.26. The van der Waals surface area contributed by atoms with Gasteiger partial charge < -0.3 is 25.0 Å². The first-order valence-corrected chi connectivity index (χ1v) is 14.2. The van der Waals surface area contributed by atoms with Crippen LogP contribution in [0.1, 0.15) is 37.5 Å². The smallest absolute Gasteiger partial charge is 0.410 e. The number of nitrogens with zero attached hydrogens (tertiary/aromatic N) is 6.